The van der Waals surface area contributed by atoms with Crippen LogP contribution in [0, 0.1) is 0 Å². The van der Waals surface area contributed by atoms with Crippen LogP contribution in [0.4, 0.5) is 0 Å². The number of hydrogen-bond acceptors (Lipinski definition) is 5. The normalized spacial score (nSPS) is 12.3. The first kappa shape index (κ1) is 17.9. The average molecular weight is 353 g/mol. The Balaban J connectivity index is 1.55. The van der Waals surface area contributed by atoms with E-state index in [-0.39, 0.29) is 17.6 Å². The second-order valence-electron chi connectivity index (χ2n) is 6.48. The molecular weight excluding hydrogens is 330 g/mol. The Labute approximate surface area is 152 Å². The highest BCUT2D eigenvalue weighted by Crippen LogP contribution is 2.13. The Morgan fingerprint density at radius 2 is 2.08 bits per heavy atom. The predicted octanol–water partition coefficient (Wildman–Crippen LogP) is 2.53. The van der Waals surface area contributed by atoms with E-state index in [0.29, 0.717) is 12.3 Å². The quantitative estimate of drug-likeness (QED) is 0.706. The fourth-order valence-electron chi connectivity index (χ4n) is 2.73. The van der Waals surface area contributed by atoms with Gasteiger partial charge in [0.05, 0.1) is 18.8 Å². The molecule has 1 amide bonds. The average Bonchev–Trinajstić information content (AvgIpc) is 3.25. The zero-order valence-corrected chi connectivity index (χ0v) is 15.2. The molecule has 7 heteroatoms. The molecule has 0 bridgehead atoms. The van der Waals surface area contributed by atoms with Crippen LogP contribution in [0.5, 0.6) is 0 Å². The van der Waals surface area contributed by atoms with Crippen molar-refractivity contribution in [3.05, 3.63) is 71.4 Å². The number of amides is 1. The molecule has 3 rings (SSSR count). The molecule has 7 nitrogen and oxygen atoms in total. The molecule has 0 spiro atoms. The van der Waals surface area contributed by atoms with Crippen molar-refractivity contribution in [3.8, 4) is 0 Å². The molecular formula is C19H23N5O2. The second-order valence-corrected chi connectivity index (χ2v) is 6.48. The number of hydrogen-bond donors (Lipinski definition) is 1. The van der Waals surface area contributed by atoms with E-state index in [1.807, 2.05) is 45.4 Å². The first-order valence-corrected chi connectivity index (χ1v) is 8.48. The Morgan fingerprint density at radius 1 is 1.31 bits per heavy atom. The summed E-state index contributed by atoms with van der Waals surface area (Å²) in [4.78, 5) is 14.5. The van der Waals surface area contributed by atoms with Gasteiger partial charge in [-0.2, -0.15) is 5.10 Å². The van der Waals surface area contributed by atoms with Gasteiger partial charge in [0, 0.05) is 31.4 Å². The van der Waals surface area contributed by atoms with E-state index >= 15 is 0 Å². The van der Waals surface area contributed by atoms with Gasteiger partial charge in [-0.3, -0.25) is 14.4 Å². The molecule has 1 N–H and O–H groups in total. The highest BCUT2D eigenvalue weighted by Gasteiger charge is 2.17. The summed E-state index contributed by atoms with van der Waals surface area (Å²) in [6.45, 7) is 3.28. The van der Waals surface area contributed by atoms with E-state index in [4.69, 9.17) is 4.52 Å². The van der Waals surface area contributed by atoms with Gasteiger partial charge in [0.2, 0.25) is 0 Å². The monoisotopic (exact) mass is 353 g/mol. The van der Waals surface area contributed by atoms with Crippen LogP contribution in [-0.2, 0) is 20.1 Å². The standard InChI is InChI=1S/C19H23N5O2/c1-14(16-10-20-24(3)12-16)21-19(25)18-9-17(26-22-18)13-23(2)11-15-7-5-4-6-8-15/h4-10,12,14H,11,13H2,1-3H3,(H,21,25). The summed E-state index contributed by atoms with van der Waals surface area (Å²) in [7, 11) is 3.84. The van der Waals surface area contributed by atoms with Gasteiger partial charge in [-0.1, -0.05) is 35.5 Å². The van der Waals surface area contributed by atoms with Crippen molar-refractivity contribution in [3.63, 3.8) is 0 Å². The molecule has 2 aromatic heterocycles. The summed E-state index contributed by atoms with van der Waals surface area (Å²) in [6, 6.07) is 11.7. The predicted molar refractivity (Wildman–Crippen MR) is 97.2 cm³/mol. The minimum absolute atomic E-state index is 0.155. The Bertz CT molecular complexity index is 856. The van der Waals surface area contributed by atoms with Crippen molar-refractivity contribution in [1.29, 1.82) is 0 Å². The molecule has 26 heavy (non-hydrogen) atoms. The molecule has 0 saturated carbocycles. The Kier molecular flexibility index (Phi) is 5.48. The van der Waals surface area contributed by atoms with Gasteiger partial charge in [0.25, 0.3) is 5.91 Å². The van der Waals surface area contributed by atoms with Crippen LogP contribution in [0.15, 0.2) is 53.3 Å². The molecule has 0 fully saturated rings. The number of rotatable bonds is 7. The van der Waals surface area contributed by atoms with Crippen LogP contribution in [-0.4, -0.2) is 32.8 Å². The lowest BCUT2D eigenvalue weighted by Crippen LogP contribution is -2.26. The summed E-state index contributed by atoms with van der Waals surface area (Å²) in [5, 5.41) is 10.9. The molecule has 1 unspecified atom stereocenters. The Hall–Kier alpha value is -2.93. The summed E-state index contributed by atoms with van der Waals surface area (Å²) in [6.07, 6.45) is 3.61. The van der Waals surface area contributed by atoms with Crippen LogP contribution >= 0.6 is 0 Å². The van der Waals surface area contributed by atoms with Crippen molar-refractivity contribution >= 4 is 5.91 Å². The van der Waals surface area contributed by atoms with Crippen LogP contribution < -0.4 is 5.32 Å². The zero-order valence-electron chi connectivity index (χ0n) is 15.2. The maximum absolute atomic E-state index is 12.4. The summed E-state index contributed by atoms with van der Waals surface area (Å²) >= 11 is 0. The summed E-state index contributed by atoms with van der Waals surface area (Å²) in [5.74, 6) is 0.393. The summed E-state index contributed by atoms with van der Waals surface area (Å²) in [5.41, 5.74) is 2.44. The van der Waals surface area contributed by atoms with Gasteiger partial charge in [-0.05, 0) is 19.5 Å². The van der Waals surface area contributed by atoms with E-state index < -0.39 is 0 Å². The fraction of sp³-hybridized carbons (Fsp3) is 0.316. The van der Waals surface area contributed by atoms with E-state index in [9.17, 15) is 4.79 Å². The van der Waals surface area contributed by atoms with Crippen LogP contribution in [0.25, 0.3) is 0 Å². The van der Waals surface area contributed by atoms with Gasteiger partial charge in [-0.15, -0.1) is 0 Å². The molecule has 0 radical (unpaired) electrons. The highest BCUT2D eigenvalue weighted by molar-refractivity contribution is 5.92. The Morgan fingerprint density at radius 3 is 2.77 bits per heavy atom. The maximum Gasteiger partial charge on any atom is 0.273 e. The van der Waals surface area contributed by atoms with E-state index in [0.717, 1.165) is 12.1 Å². The van der Waals surface area contributed by atoms with Gasteiger partial charge < -0.3 is 9.84 Å². The minimum atomic E-state index is -0.262. The first-order valence-electron chi connectivity index (χ1n) is 8.48. The second kappa shape index (κ2) is 7.97. The maximum atomic E-state index is 12.4. The zero-order chi connectivity index (χ0) is 18.5. The molecule has 0 aliphatic heterocycles. The molecule has 1 aromatic carbocycles. The molecule has 136 valence electrons. The number of carbonyl (C=O) groups is 1. The third kappa shape index (κ3) is 4.58. The van der Waals surface area contributed by atoms with Crippen molar-refractivity contribution in [2.45, 2.75) is 26.1 Å². The lowest BCUT2D eigenvalue weighted by molar-refractivity contribution is 0.0930. The molecule has 1 atom stereocenters. The third-order valence-electron chi connectivity index (χ3n) is 4.09. The van der Waals surface area contributed by atoms with Crippen LogP contribution in [0.2, 0.25) is 0 Å². The topological polar surface area (TPSA) is 76.2 Å². The lowest BCUT2D eigenvalue weighted by Gasteiger charge is -2.14. The van der Waals surface area contributed by atoms with Crippen LogP contribution in [0.1, 0.15) is 40.3 Å². The van der Waals surface area contributed by atoms with Crippen molar-refractivity contribution in [1.82, 2.24) is 25.2 Å². The third-order valence-corrected chi connectivity index (χ3v) is 4.09. The van der Waals surface area contributed by atoms with E-state index in [1.165, 1.54) is 5.56 Å². The number of aryl methyl sites for hydroxylation is 1. The van der Waals surface area contributed by atoms with Gasteiger partial charge in [0.1, 0.15) is 0 Å². The SMILES string of the molecule is CC(NC(=O)c1cc(CN(C)Cc2ccccc2)on1)c1cnn(C)c1. The van der Waals surface area contributed by atoms with Crippen molar-refractivity contribution < 1.29 is 9.32 Å². The smallest absolute Gasteiger partial charge is 0.273 e. The largest absolute Gasteiger partial charge is 0.359 e. The van der Waals surface area contributed by atoms with Gasteiger partial charge in [0.15, 0.2) is 11.5 Å². The fourth-order valence-corrected chi connectivity index (χ4v) is 2.73. The van der Waals surface area contributed by atoms with Gasteiger partial charge >= 0.3 is 0 Å². The molecule has 0 aliphatic carbocycles. The van der Waals surface area contributed by atoms with E-state index in [1.54, 1.807) is 16.9 Å². The van der Waals surface area contributed by atoms with Crippen molar-refractivity contribution in [2.24, 2.45) is 7.05 Å². The number of nitrogens with zero attached hydrogens (tertiary/aromatic N) is 4. The lowest BCUT2D eigenvalue weighted by atomic mass is 10.2. The number of benzene rings is 1. The number of aromatic nitrogens is 3. The van der Waals surface area contributed by atoms with Gasteiger partial charge in [-0.25, -0.2) is 0 Å². The molecule has 0 aliphatic rings. The number of carbonyl (C=O) groups excluding carboxylic acids is 1. The first-order chi connectivity index (χ1) is 12.5. The van der Waals surface area contributed by atoms with Crippen LogP contribution in [0.3, 0.4) is 0 Å². The minimum Gasteiger partial charge on any atom is -0.359 e. The highest BCUT2D eigenvalue weighted by atomic mass is 16.5. The molecule has 3 aromatic rings. The molecule has 2 heterocycles. The van der Waals surface area contributed by atoms with E-state index in [2.05, 4.69) is 32.6 Å². The molecule has 0 saturated heterocycles. The van der Waals surface area contributed by atoms with Crippen molar-refractivity contribution in [2.75, 3.05) is 7.05 Å². The number of nitrogens with one attached hydrogen (secondary N) is 1. The summed E-state index contributed by atoms with van der Waals surface area (Å²) < 4.78 is 7.02.